The van der Waals surface area contributed by atoms with Crippen LogP contribution in [0.15, 0.2) is 18.2 Å². The molecular formula is C22H29N3O6. The molecule has 1 saturated carbocycles. The summed E-state index contributed by atoms with van der Waals surface area (Å²) in [7, 11) is 1.46. The van der Waals surface area contributed by atoms with E-state index in [2.05, 4.69) is 5.43 Å². The van der Waals surface area contributed by atoms with Crippen molar-refractivity contribution in [2.75, 3.05) is 13.7 Å². The van der Waals surface area contributed by atoms with Gasteiger partial charge in [-0.25, -0.2) is 0 Å². The second-order valence-corrected chi connectivity index (χ2v) is 8.57. The smallest absolute Gasteiger partial charge is 0.308 e. The van der Waals surface area contributed by atoms with E-state index in [0.29, 0.717) is 17.9 Å². The van der Waals surface area contributed by atoms with E-state index in [4.69, 9.17) is 9.47 Å². The number of carbonyl (C=O) groups is 3. The topological polar surface area (TPSA) is 108 Å². The number of likely N-dealkylation sites (tertiary alicyclic amines) is 1. The first-order chi connectivity index (χ1) is 14.8. The number of hydrazine groups is 1. The molecule has 2 saturated heterocycles. The number of esters is 1. The Balaban J connectivity index is 1.69. The molecule has 2 amide bonds. The SMILES string of the molecule is COc1cc([C@@H]2[C@H]3CN(C4CCCCC4)C(=O)[C@]3(O)NN2C(C)=O)ccc1OC(C)=O. The minimum Gasteiger partial charge on any atom is -0.493 e. The summed E-state index contributed by atoms with van der Waals surface area (Å²) in [6, 6.07) is 4.54. The van der Waals surface area contributed by atoms with Crippen molar-refractivity contribution in [3.8, 4) is 11.5 Å². The first-order valence-corrected chi connectivity index (χ1v) is 10.7. The molecule has 0 bridgehead atoms. The second kappa shape index (κ2) is 8.12. The minimum atomic E-state index is -1.84. The average molecular weight is 431 g/mol. The number of methoxy groups -OCH3 is 1. The molecule has 0 radical (unpaired) electrons. The van der Waals surface area contributed by atoms with Crippen LogP contribution < -0.4 is 14.9 Å². The fourth-order valence-electron chi connectivity index (χ4n) is 5.17. The lowest BCUT2D eigenvalue weighted by Gasteiger charge is -2.34. The fourth-order valence-corrected chi connectivity index (χ4v) is 5.17. The van der Waals surface area contributed by atoms with E-state index < -0.39 is 23.7 Å². The van der Waals surface area contributed by atoms with Gasteiger partial charge in [0, 0.05) is 26.4 Å². The number of amides is 2. The summed E-state index contributed by atoms with van der Waals surface area (Å²) in [5.41, 5.74) is 1.64. The van der Waals surface area contributed by atoms with Crippen molar-refractivity contribution < 1.29 is 29.0 Å². The van der Waals surface area contributed by atoms with E-state index in [0.717, 1.165) is 25.7 Å². The molecule has 168 valence electrons. The first-order valence-electron chi connectivity index (χ1n) is 10.7. The van der Waals surface area contributed by atoms with Crippen molar-refractivity contribution in [3.05, 3.63) is 23.8 Å². The molecule has 1 aromatic rings. The number of benzene rings is 1. The van der Waals surface area contributed by atoms with Crippen LogP contribution in [0, 0.1) is 5.92 Å². The summed E-state index contributed by atoms with van der Waals surface area (Å²) in [5, 5.41) is 12.7. The predicted molar refractivity (Wildman–Crippen MR) is 110 cm³/mol. The highest BCUT2D eigenvalue weighted by Crippen LogP contribution is 2.47. The lowest BCUT2D eigenvalue weighted by Crippen LogP contribution is -2.56. The average Bonchev–Trinajstić information content (AvgIpc) is 3.18. The number of fused-ring (bicyclic) bond motifs is 1. The van der Waals surface area contributed by atoms with Crippen LogP contribution in [0.4, 0.5) is 0 Å². The van der Waals surface area contributed by atoms with Crippen LogP contribution in [0.5, 0.6) is 11.5 Å². The molecule has 3 aliphatic rings. The normalized spacial score (nSPS) is 28.6. The van der Waals surface area contributed by atoms with Gasteiger partial charge in [-0.05, 0) is 30.5 Å². The van der Waals surface area contributed by atoms with Gasteiger partial charge in [0.25, 0.3) is 5.91 Å². The van der Waals surface area contributed by atoms with Crippen molar-refractivity contribution in [3.63, 3.8) is 0 Å². The number of rotatable bonds is 4. The van der Waals surface area contributed by atoms with Crippen molar-refractivity contribution in [1.82, 2.24) is 15.3 Å². The Kier molecular flexibility index (Phi) is 5.65. The molecule has 1 aromatic carbocycles. The lowest BCUT2D eigenvalue weighted by atomic mass is 9.88. The van der Waals surface area contributed by atoms with Gasteiger partial charge in [0.2, 0.25) is 11.6 Å². The summed E-state index contributed by atoms with van der Waals surface area (Å²) in [4.78, 5) is 38.8. The molecular weight excluding hydrogens is 402 g/mol. The number of hydrogen-bond donors (Lipinski definition) is 2. The second-order valence-electron chi connectivity index (χ2n) is 8.57. The van der Waals surface area contributed by atoms with Gasteiger partial charge < -0.3 is 19.5 Å². The Morgan fingerprint density at radius 3 is 2.48 bits per heavy atom. The molecule has 0 spiro atoms. The van der Waals surface area contributed by atoms with Gasteiger partial charge in [-0.15, -0.1) is 0 Å². The van der Waals surface area contributed by atoms with Crippen LogP contribution in [0.1, 0.15) is 57.6 Å². The molecule has 31 heavy (non-hydrogen) atoms. The van der Waals surface area contributed by atoms with Gasteiger partial charge in [0.1, 0.15) is 0 Å². The van der Waals surface area contributed by atoms with E-state index in [1.54, 1.807) is 23.1 Å². The maximum absolute atomic E-state index is 13.2. The van der Waals surface area contributed by atoms with Crippen molar-refractivity contribution >= 4 is 17.8 Å². The van der Waals surface area contributed by atoms with E-state index >= 15 is 0 Å². The van der Waals surface area contributed by atoms with Crippen LogP contribution in [-0.2, 0) is 14.4 Å². The summed E-state index contributed by atoms with van der Waals surface area (Å²) in [5.74, 6) is -1.11. The van der Waals surface area contributed by atoms with Gasteiger partial charge in [-0.1, -0.05) is 25.3 Å². The predicted octanol–water partition coefficient (Wildman–Crippen LogP) is 1.51. The Bertz CT molecular complexity index is 899. The monoisotopic (exact) mass is 431 g/mol. The Morgan fingerprint density at radius 1 is 1.16 bits per heavy atom. The fraction of sp³-hybridized carbons (Fsp3) is 0.591. The number of nitrogens with zero attached hydrogens (tertiary/aromatic N) is 2. The van der Waals surface area contributed by atoms with Crippen molar-refractivity contribution in [2.24, 2.45) is 5.92 Å². The zero-order valence-electron chi connectivity index (χ0n) is 18.1. The largest absolute Gasteiger partial charge is 0.493 e. The third kappa shape index (κ3) is 3.65. The molecule has 3 atom stereocenters. The van der Waals surface area contributed by atoms with Gasteiger partial charge in [-0.3, -0.25) is 19.4 Å². The standard InChI is InChI=1S/C22H29N3O6/c1-13(26)25-20(15-9-10-18(31-14(2)27)19(11-15)30-3)17-12-24(16-7-5-4-6-8-16)21(28)22(17,29)23-25/h9-11,16-17,20,23,29H,4-8,12H2,1-3H3/t17-,20-,22+/m1/s1. The molecule has 2 heterocycles. The van der Waals surface area contributed by atoms with Crippen LogP contribution in [0.2, 0.25) is 0 Å². The third-order valence-electron chi connectivity index (χ3n) is 6.60. The van der Waals surface area contributed by atoms with E-state index in [9.17, 15) is 19.5 Å². The van der Waals surface area contributed by atoms with Gasteiger partial charge in [0.15, 0.2) is 11.5 Å². The highest BCUT2D eigenvalue weighted by atomic mass is 16.6. The van der Waals surface area contributed by atoms with Gasteiger partial charge in [0.05, 0.1) is 19.1 Å². The quantitative estimate of drug-likeness (QED) is 0.549. The van der Waals surface area contributed by atoms with Crippen LogP contribution in [-0.4, -0.2) is 58.2 Å². The van der Waals surface area contributed by atoms with Crippen LogP contribution in [0.3, 0.4) is 0 Å². The van der Waals surface area contributed by atoms with E-state index in [1.807, 2.05) is 0 Å². The van der Waals surface area contributed by atoms with Crippen molar-refractivity contribution in [2.45, 2.75) is 63.8 Å². The third-order valence-corrected chi connectivity index (χ3v) is 6.60. The molecule has 0 unspecified atom stereocenters. The van der Waals surface area contributed by atoms with Gasteiger partial charge >= 0.3 is 5.97 Å². The van der Waals surface area contributed by atoms with Crippen LogP contribution >= 0.6 is 0 Å². The molecule has 3 fully saturated rings. The molecule has 2 N–H and O–H groups in total. The van der Waals surface area contributed by atoms with Crippen LogP contribution in [0.25, 0.3) is 0 Å². The number of aliphatic hydroxyl groups is 1. The summed E-state index contributed by atoms with van der Waals surface area (Å²) in [6.07, 6.45) is 5.17. The number of carbonyl (C=O) groups excluding carboxylic acids is 3. The molecule has 9 nitrogen and oxygen atoms in total. The maximum atomic E-state index is 13.2. The van der Waals surface area contributed by atoms with E-state index in [1.165, 1.54) is 32.4 Å². The first kappa shape index (κ1) is 21.6. The highest BCUT2D eigenvalue weighted by molar-refractivity contribution is 5.89. The Labute approximate surface area is 181 Å². The minimum absolute atomic E-state index is 0.116. The zero-order valence-corrected chi connectivity index (χ0v) is 18.1. The lowest BCUT2D eigenvalue weighted by molar-refractivity contribution is -0.153. The van der Waals surface area contributed by atoms with E-state index in [-0.39, 0.29) is 23.6 Å². The van der Waals surface area contributed by atoms with Crippen molar-refractivity contribution in [1.29, 1.82) is 0 Å². The Morgan fingerprint density at radius 2 is 1.87 bits per heavy atom. The number of nitrogens with one attached hydrogen (secondary N) is 1. The molecule has 1 aliphatic carbocycles. The molecule has 2 aliphatic heterocycles. The zero-order chi connectivity index (χ0) is 22.3. The molecule has 4 rings (SSSR count). The summed E-state index contributed by atoms with van der Waals surface area (Å²) < 4.78 is 10.6. The Hall–Kier alpha value is -2.65. The highest BCUT2D eigenvalue weighted by Gasteiger charge is 2.64. The number of hydrogen-bond acceptors (Lipinski definition) is 7. The van der Waals surface area contributed by atoms with Gasteiger partial charge in [-0.2, -0.15) is 5.43 Å². The summed E-state index contributed by atoms with van der Waals surface area (Å²) in [6.45, 7) is 3.05. The number of ether oxygens (including phenoxy) is 2. The maximum Gasteiger partial charge on any atom is 0.308 e. The molecule has 9 heteroatoms. The molecule has 0 aromatic heterocycles. The summed E-state index contributed by atoms with van der Waals surface area (Å²) >= 11 is 0.